The van der Waals surface area contributed by atoms with E-state index in [0.717, 1.165) is 0 Å². The minimum atomic E-state index is 0. The molecule has 4 heteroatoms. The molecule has 0 aliphatic rings. The van der Waals surface area contributed by atoms with Crippen LogP contribution in [-0.4, -0.2) is 23.9 Å². The molecule has 0 rings (SSSR count). The van der Waals surface area contributed by atoms with Crippen LogP contribution >= 0.6 is 0 Å². The molecular formula is AgNbSnTi. The summed E-state index contributed by atoms with van der Waals surface area (Å²) in [5.74, 6) is 0. The normalized spacial score (nSPS) is 0. The molecule has 0 saturated heterocycles. The van der Waals surface area contributed by atoms with E-state index in [-0.39, 0.29) is 90.4 Å². The van der Waals surface area contributed by atoms with Gasteiger partial charge in [-0.2, -0.15) is 0 Å². The number of hydrogen-bond acceptors (Lipinski definition) is 0. The van der Waals surface area contributed by atoms with Gasteiger partial charge < -0.3 is 0 Å². The maximum atomic E-state index is 0. The van der Waals surface area contributed by atoms with Crippen molar-refractivity contribution in [1.29, 1.82) is 0 Å². The fraction of sp³-hybridized carbons (Fsp3) is 0. The molecule has 0 bridgehead atoms. The van der Waals surface area contributed by atoms with E-state index in [4.69, 9.17) is 0 Å². The van der Waals surface area contributed by atoms with Gasteiger partial charge in [-0.3, -0.25) is 0 Å². The maximum Gasteiger partial charge on any atom is 0 e. The van der Waals surface area contributed by atoms with Crippen molar-refractivity contribution >= 4 is 23.9 Å². The van der Waals surface area contributed by atoms with Gasteiger partial charge in [0.05, 0.1) is 0 Å². The van der Waals surface area contributed by atoms with Crippen LogP contribution in [0.2, 0.25) is 0 Å². The first-order chi connectivity index (χ1) is 0. The van der Waals surface area contributed by atoms with E-state index < -0.39 is 0 Å². The van der Waals surface area contributed by atoms with E-state index in [9.17, 15) is 0 Å². The van der Waals surface area contributed by atoms with Crippen LogP contribution in [0.1, 0.15) is 0 Å². The Morgan fingerprint density at radius 2 is 1.00 bits per heavy atom. The number of hydrogen-bond donors (Lipinski definition) is 0. The molecule has 0 unspecified atom stereocenters. The molecule has 0 spiro atoms. The molecule has 0 aromatic carbocycles. The topological polar surface area (TPSA) is 0 Å². The second kappa shape index (κ2) is 16.7. The summed E-state index contributed by atoms with van der Waals surface area (Å²) >= 11 is 0. The summed E-state index contributed by atoms with van der Waals surface area (Å²) in [6.07, 6.45) is 0. The van der Waals surface area contributed by atoms with Crippen LogP contribution < -0.4 is 0 Å². The molecule has 0 aromatic heterocycles. The summed E-state index contributed by atoms with van der Waals surface area (Å²) in [6, 6.07) is 0. The number of rotatable bonds is 0. The summed E-state index contributed by atoms with van der Waals surface area (Å²) in [4.78, 5) is 0. The fourth-order valence-electron chi connectivity index (χ4n) is 0. The Kier molecular flexibility index (Phi) is 117. The van der Waals surface area contributed by atoms with Crippen molar-refractivity contribution in [2.24, 2.45) is 0 Å². The Labute approximate surface area is 88.7 Å². The maximum absolute atomic E-state index is 0. The van der Waals surface area contributed by atoms with Gasteiger partial charge in [0, 0.05) is 90.4 Å². The Hall–Kier alpha value is 2.99. The van der Waals surface area contributed by atoms with Crippen molar-refractivity contribution in [1.82, 2.24) is 0 Å². The van der Waals surface area contributed by atoms with Crippen molar-refractivity contribution in [2.75, 3.05) is 0 Å². The molecule has 6 radical (unpaired) electrons. The minimum absolute atomic E-state index is 0. The van der Waals surface area contributed by atoms with Crippen LogP contribution in [0.25, 0.3) is 0 Å². The van der Waals surface area contributed by atoms with Gasteiger partial charge in [-0.15, -0.1) is 0 Å². The molecule has 0 saturated carbocycles. The first kappa shape index (κ1) is 28.0. The Morgan fingerprint density at radius 1 is 1.00 bits per heavy atom. The van der Waals surface area contributed by atoms with Crippen molar-refractivity contribution in [3.05, 3.63) is 0 Å². The molecule has 0 nitrogen and oxygen atoms in total. The molecular weight excluding hydrogens is 367 g/mol. The molecule has 0 heterocycles. The van der Waals surface area contributed by atoms with Crippen molar-refractivity contribution in [2.45, 2.75) is 0 Å². The second-order valence-electron chi connectivity index (χ2n) is 0. The van der Waals surface area contributed by atoms with E-state index in [1.807, 2.05) is 0 Å². The van der Waals surface area contributed by atoms with Crippen LogP contribution in [0.15, 0.2) is 0 Å². The molecule has 24 valence electrons. The molecule has 4 heavy (non-hydrogen) atoms. The van der Waals surface area contributed by atoms with E-state index in [0.29, 0.717) is 0 Å². The van der Waals surface area contributed by atoms with Crippen LogP contribution in [0.3, 0.4) is 0 Å². The minimum Gasteiger partial charge on any atom is 0 e. The average molecular weight is 367 g/mol. The van der Waals surface area contributed by atoms with Gasteiger partial charge in [-0.1, -0.05) is 0 Å². The predicted octanol–water partition coefficient (Wildman–Crippen LogP) is -0.388. The Balaban J connectivity index is 0. The summed E-state index contributed by atoms with van der Waals surface area (Å²) in [5.41, 5.74) is 0. The second-order valence-corrected chi connectivity index (χ2v) is 0. The van der Waals surface area contributed by atoms with Gasteiger partial charge in [0.2, 0.25) is 0 Å². The van der Waals surface area contributed by atoms with Gasteiger partial charge in [0.1, 0.15) is 0 Å². The van der Waals surface area contributed by atoms with Crippen molar-refractivity contribution in [3.8, 4) is 0 Å². The monoisotopic (exact) mass is 368 g/mol. The molecule has 0 aliphatic carbocycles. The SMILES string of the molecule is [Ag].[Nb].[Sn].[Ti]. The average Bonchev–Trinajstić information content (AvgIpc) is 0. The zero-order valence-corrected chi connectivity index (χ0v) is 9.85. The molecule has 0 aromatic rings. The van der Waals surface area contributed by atoms with Gasteiger partial charge in [-0.25, -0.2) is 0 Å². The van der Waals surface area contributed by atoms with E-state index in [1.165, 1.54) is 0 Å². The molecule has 0 aliphatic heterocycles. The van der Waals surface area contributed by atoms with Crippen molar-refractivity contribution in [3.63, 3.8) is 0 Å². The van der Waals surface area contributed by atoms with Gasteiger partial charge in [-0.05, 0) is 0 Å². The summed E-state index contributed by atoms with van der Waals surface area (Å²) in [6.45, 7) is 0. The quantitative estimate of drug-likeness (QED) is 0.512. The first-order valence-electron chi connectivity index (χ1n) is 0. The zero-order chi connectivity index (χ0) is 0. The summed E-state index contributed by atoms with van der Waals surface area (Å²) < 4.78 is 0. The van der Waals surface area contributed by atoms with Crippen LogP contribution in [-0.2, 0) is 66.5 Å². The Bertz CT molecular complexity index is 8.00. The third-order valence-electron chi connectivity index (χ3n) is 0. The standard InChI is InChI=1S/Ag.Nb.Sn.Ti. The molecule has 0 atom stereocenters. The summed E-state index contributed by atoms with van der Waals surface area (Å²) in [5, 5.41) is 0. The van der Waals surface area contributed by atoms with Crippen molar-refractivity contribution < 1.29 is 66.5 Å². The van der Waals surface area contributed by atoms with E-state index >= 15 is 0 Å². The fourth-order valence-corrected chi connectivity index (χ4v) is 0. The van der Waals surface area contributed by atoms with Crippen LogP contribution in [0, 0.1) is 0 Å². The third kappa shape index (κ3) is 8.89. The molecule has 0 N–H and O–H groups in total. The third-order valence-corrected chi connectivity index (χ3v) is 0. The predicted molar refractivity (Wildman–Crippen MR) is 5.75 cm³/mol. The largest absolute Gasteiger partial charge is 0 e. The molecule has 0 amide bonds. The van der Waals surface area contributed by atoms with Gasteiger partial charge in [0.25, 0.3) is 0 Å². The van der Waals surface area contributed by atoms with E-state index in [1.54, 1.807) is 0 Å². The van der Waals surface area contributed by atoms with Crippen LogP contribution in [0.4, 0.5) is 0 Å². The molecule has 0 fully saturated rings. The van der Waals surface area contributed by atoms with Crippen LogP contribution in [0.5, 0.6) is 0 Å². The Morgan fingerprint density at radius 3 is 1.00 bits per heavy atom. The van der Waals surface area contributed by atoms with E-state index in [2.05, 4.69) is 0 Å². The zero-order valence-electron chi connectivity index (χ0n) is 1.75. The smallest absolute Gasteiger partial charge is 0 e. The van der Waals surface area contributed by atoms with Gasteiger partial charge in [0.15, 0.2) is 0 Å². The first-order valence-corrected chi connectivity index (χ1v) is 0. The summed E-state index contributed by atoms with van der Waals surface area (Å²) in [7, 11) is 0. The van der Waals surface area contributed by atoms with Gasteiger partial charge >= 0.3 is 0 Å².